The summed E-state index contributed by atoms with van der Waals surface area (Å²) in [6.07, 6.45) is 1.85. The molecule has 4 rings (SSSR count). The number of thioether (sulfide) groups is 1. The first-order chi connectivity index (χ1) is 13.0. The van der Waals surface area contributed by atoms with Gasteiger partial charge in [0.25, 0.3) is 11.6 Å². The Morgan fingerprint density at radius 1 is 1.30 bits per heavy atom. The summed E-state index contributed by atoms with van der Waals surface area (Å²) in [7, 11) is 0. The molecule has 1 aromatic carbocycles. The number of esters is 1. The van der Waals surface area contributed by atoms with E-state index < -0.39 is 10.9 Å². The van der Waals surface area contributed by atoms with Gasteiger partial charge in [-0.2, -0.15) is 0 Å². The van der Waals surface area contributed by atoms with E-state index in [1.807, 2.05) is 23.6 Å². The van der Waals surface area contributed by atoms with Crippen molar-refractivity contribution in [1.82, 2.24) is 4.90 Å². The second kappa shape index (κ2) is 7.01. The molecule has 3 heterocycles. The van der Waals surface area contributed by atoms with E-state index in [-0.39, 0.29) is 29.3 Å². The summed E-state index contributed by atoms with van der Waals surface area (Å²) in [6.45, 7) is -0.0244. The highest BCUT2D eigenvalue weighted by Crippen LogP contribution is 2.45. The molecule has 1 aromatic heterocycles. The van der Waals surface area contributed by atoms with Crippen molar-refractivity contribution in [2.24, 2.45) is 0 Å². The Kier molecular flexibility index (Phi) is 4.54. The fourth-order valence-electron chi connectivity index (χ4n) is 2.72. The number of ether oxygens (including phenoxy) is 1. The highest BCUT2D eigenvalue weighted by molar-refractivity contribution is 8.03. The third-order valence-corrected chi connectivity index (χ3v) is 6.00. The second-order valence-corrected chi connectivity index (χ2v) is 7.72. The summed E-state index contributed by atoms with van der Waals surface area (Å²) in [5.41, 5.74) is 1.49. The molecule has 2 aromatic rings. The summed E-state index contributed by atoms with van der Waals surface area (Å²) >= 11 is 2.94. The van der Waals surface area contributed by atoms with Gasteiger partial charge in [0.2, 0.25) is 0 Å². The zero-order chi connectivity index (χ0) is 19.0. The summed E-state index contributed by atoms with van der Waals surface area (Å²) in [5, 5.41) is 14.0. The molecule has 1 atom stereocenters. The Hall–Kier alpha value is -2.91. The van der Waals surface area contributed by atoms with Crippen molar-refractivity contribution in [2.45, 2.75) is 12.0 Å². The first-order valence-electron chi connectivity index (χ1n) is 7.89. The van der Waals surface area contributed by atoms with Crippen LogP contribution in [0.3, 0.4) is 0 Å². The smallest absolute Gasteiger partial charge is 0.355 e. The highest BCUT2D eigenvalue weighted by atomic mass is 32.2. The fraction of sp³-hybridized carbons (Fsp3) is 0.111. The highest BCUT2D eigenvalue weighted by Gasteiger charge is 2.49. The van der Waals surface area contributed by atoms with Crippen LogP contribution in [-0.4, -0.2) is 27.1 Å². The average Bonchev–Trinajstić information content (AvgIpc) is 3.32. The topological polar surface area (TPSA) is 89.7 Å². The van der Waals surface area contributed by atoms with E-state index in [1.165, 1.54) is 40.9 Å². The quantitative estimate of drug-likeness (QED) is 0.251. The van der Waals surface area contributed by atoms with E-state index in [4.69, 9.17) is 4.74 Å². The number of carbonyl (C=O) groups is 2. The summed E-state index contributed by atoms with van der Waals surface area (Å²) < 4.78 is 5.25. The molecule has 0 spiro atoms. The molecule has 0 radical (unpaired) electrons. The minimum absolute atomic E-state index is 0.0244. The van der Waals surface area contributed by atoms with Gasteiger partial charge in [0.05, 0.1) is 10.5 Å². The average molecular weight is 400 g/mol. The Labute approximate surface area is 162 Å². The number of thiophene rings is 1. The minimum Gasteiger partial charge on any atom is -0.456 e. The molecule has 136 valence electrons. The lowest BCUT2D eigenvalue weighted by molar-refractivity contribution is -0.384. The molecule has 0 unspecified atom stereocenters. The number of benzene rings is 1. The first-order valence-corrected chi connectivity index (χ1v) is 9.71. The van der Waals surface area contributed by atoms with E-state index in [2.05, 4.69) is 0 Å². The predicted octanol–water partition coefficient (Wildman–Crippen LogP) is 3.54. The van der Waals surface area contributed by atoms with Crippen LogP contribution in [-0.2, 0) is 20.9 Å². The summed E-state index contributed by atoms with van der Waals surface area (Å²) in [4.78, 5) is 37.3. The van der Waals surface area contributed by atoms with Crippen LogP contribution in [0.1, 0.15) is 10.4 Å². The molecule has 2 aliphatic rings. The molecule has 1 saturated heterocycles. The number of fused-ring (bicyclic) bond motifs is 1. The zero-order valence-corrected chi connectivity index (χ0v) is 15.4. The molecule has 2 aliphatic heterocycles. The van der Waals surface area contributed by atoms with Crippen molar-refractivity contribution >= 4 is 46.7 Å². The van der Waals surface area contributed by atoms with Crippen LogP contribution in [0.5, 0.6) is 0 Å². The van der Waals surface area contributed by atoms with Crippen molar-refractivity contribution in [3.8, 4) is 0 Å². The monoisotopic (exact) mass is 400 g/mol. The lowest BCUT2D eigenvalue weighted by atomic mass is 10.0. The molecular formula is C18H12N2O5S2. The number of amides is 1. The fourth-order valence-corrected chi connectivity index (χ4v) is 4.50. The van der Waals surface area contributed by atoms with Crippen LogP contribution in [0.25, 0.3) is 6.08 Å². The number of nitro benzene ring substituents is 1. The third-order valence-electron chi connectivity index (χ3n) is 4.10. The SMILES string of the molecule is O=C(OCc1ccc([N+](=O)[O-])cc1)C1=CS[C@@H]2C(=Cc3cccs3)C(=O)N12. The molecule has 0 bridgehead atoms. The number of hydrogen-bond donors (Lipinski definition) is 0. The van der Waals surface area contributed by atoms with E-state index in [0.29, 0.717) is 11.1 Å². The largest absolute Gasteiger partial charge is 0.456 e. The Morgan fingerprint density at radius 2 is 2.07 bits per heavy atom. The Balaban J connectivity index is 1.38. The maximum absolute atomic E-state index is 12.4. The predicted molar refractivity (Wildman–Crippen MR) is 101 cm³/mol. The maximum atomic E-state index is 12.4. The number of hydrogen-bond acceptors (Lipinski definition) is 7. The van der Waals surface area contributed by atoms with Gasteiger partial charge < -0.3 is 4.74 Å². The van der Waals surface area contributed by atoms with Gasteiger partial charge in [-0.05, 0) is 35.2 Å². The molecule has 0 saturated carbocycles. The number of β-lactam (4-membered cyclic amide) rings is 1. The number of carbonyl (C=O) groups excluding carboxylic acids is 2. The zero-order valence-electron chi connectivity index (χ0n) is 13.7. The maximum Gasteiger partial charge on any atom is 0.355 e. The van der Waals surface area contributed by atoms with E-state index in [1.54, 1.807) is 16.7 Å². The summed E-state index contributed by atoms with van der Waals surface area (Å²) in [6, 6.07) is 9.61. The van der Waals surface area contributed by atoms with E-state index in [9.17, 15) is 19.7 Å². The molecular weight excluding hydrogens is 388 g/mol. The molecule has 0 N–H and O–H groups in total. The minimum atomic E-state index is -0.591. The standard InChI is InChI=1S/C18H12N2O5S2/c21-16-14(8-13-2-1-7-26-13)17-19(16)15(10-27-17)18(22)25-9-11-3-5-12(6-4-11)20(23)24/h1-8,10,17H,9H2/t17-/m1/s1. The van der Waals surface area contributed by atoms with Crippen LogP contribution >= 0.6 is 23.1 Å². The first kappa shape index (κ1) is 17.5. The lowest BCUT2D eigenvalue weighted by Crippen LogP contribution is -2.51. The molecule has 27 heavy (non-hydrogen) atoms. The van der Waals surface area contributed by atoms with E-state index >= 15 is 0 Å². The van der Waals surface area contributed by atoms with Gasteiger partial charge in [0.1, 0.15) is 17.7 Å². The number of nitrogens with zero attached hydrogens (tertiary/aromatic N) is 2. The van der Waals surface area contributed by atoms with Crippen LogP contribution in [0.4, 0.5) is 5.69 Å². The molecule has 7 nitrogen and oxygen atoms in total. The Bertz CT molecular complexity index is 980. The van der Waals surface area contributed by atoms with Gasteiger partial charge >= 0.3 is 5.97 Å². The second-order valence-electron chi connectivity index (χ2n) is 5.78. The van der Waals surface area contributed by atoms with Crippen molar-refractivity contribution in [3.05, 3.63) is 79.0 Å². The van der Waals surface area contributed by atoms with Gasteiger partial charge in [0, 0.05) is 22.4 Å². The lowest BCUT2D eigenvalue weighted by Gasteiger charge is -2.37. The van der Waals surface area contributed by atoms with Crippen LogP contribution in [0.2, 0.25) is 0 Å². The summed E-state index contributed by atoms with van der Waals surface area (Å²) in [5.74, 6) is -0.788. The van der Waals surface area contributed by atoms with Crippen molar-refractivity contribution in [3.63, 3.8) is 0 Å². The van der Waals surface area contributed by atoms with Crippen LogP contribution in [0.15, 0.2) is 58.5 Å². The van der Waals surface area contributed by atoms with Crippen LogP contribution in [0, 0.1) is 10.1 Å². The van der Waals surface area contributed by atoms with Gasteiger partial charge in [-0.15, -0.1) is 23.1 Å². The molecule has 1 amide bonds. The third kappa shape index (κ3) is 3.26. The van der Waals surface area contributed by atoms with Crippen molar-refractivity contribution < 1.29 is 19.2 Å². The van der Waals surface area contributed by atoms with Crippen molar-refractivity contribution in [2.75, 3.05) is 0 Å². The van der Waals surface area contributed by atoms with Gasteiger partial charge in [0.15, 0.2) is 0 Å². The number of non-ortho nitro benzene ring substituents is 1. The molecule has 0 aliphatic carbocycles. The molecule has 9 heteroatoms. The van der Waals surface area contributed by atoms with Gasteiger partial charge in [-0.1, -0.05) is 6.07 Å². The van der Waals surface area contributed by atoms with E-state index in [0.717, 1.165) is 4.88 Å². The van der Waals surface area contributed by atoms with Crippen molar-refractivity contribution in [1.29, 1.82) is 0 Å². The Morgan fingerprint density at radius 3 is 2.74 bits per heavy atom. The number of rotatable bonds is 5. The van der Waals surface area contributed by atoms with Gasteiger partial charge in [-0.25, -0.2) is 4.79 Å². The molecule has 1 fully saturated rings. The normalized spacial score (nSPS) is 19.5. The van der Waals surface area contributed by atoms with Crippen LogP contribution < -0.4 is 0 Å². The van der Waals surface area contributed by atoms with Gasteiger partial charge in [-0.3, -0.25) is 19.8 Å². The number of nitro groups is 1.